The third-order valence-electron chi connectivity index (χ3n) is 3.38. The Balaban J connectivity index is 1.95. The maximum atomic E-state index is 12.0. The lowest BCUT2D eigenvalue weighted by atomic mass is 10.1. The summed E-state index contributed by atoms with van der Waals surface area (Å²) in [6.45, 7) is 3.36. The van der Waals surface area contributed by atoms with Gasteiger partial charge in [-0.1, -0.05) is 23.7 Å². The van der Waals surface area contributed by atoms with E-state index in [4.69, 9.17) is 21.1 Å². The molecule has 0 aliphatic rings. The molecule has 24 heavy (non-hydrogen) atoms. The molecule has 5 nitrogen and oxygen atoms in total. The Bertz CT molecular complexity index is 774. The minimum absolute atomic E-state index is 0.318. The molecule has 0 saturated heterocycles. The van der Waals surface area contributed by atoms with Crippen LogP contribution >= 0.6 is 11.6 Å². The van der Waals surface area contributed by atoms with E-state index in [1.54, 1.807) is 30.3 Å². The van der Waals surface area contributed by atoms with Gasteiger partial charge in [0, 0.05) is 0 Å². The average molecular weight is 348 g/mol. The van der Waals surface area contributed by atoms with Crippen molar-refractivity contribution in [2.24, 2.45) is 0 Å². The number of aryl methyl sites for hydroxylation is 2. The molecule has 1 amide bonds. The van der Waals surface area contributed by atoms with Crippen molar-refractivity contribution >= 4 is 29.2 Å². The molecular formula is C18H18ClNO4. The van der Waals surface area contributed by atoms with Crippen LogP contribution in [0.25, 0.3) is 0 Å². The summed E-state index contributed by atoms with van der Waals surface area (Å²) in [5.74, 6) is -0.480. The molecule has 2 rings (SSSR count). The molecule has 0 spiro atoms. The Labute approximate surface area is 145 Å². The van der Waals surface area contributed by atoms with Crippen molar-refractivity contribution in [3.63, 3.8) is 0 Å². The molecule has 0 saturated carbocycles. The SMILES string of the molecule is COc1cc(C(=O)OCC(=O)Nc2ccc(C)cc2Cl)ccc1C. The zero-order valence-electron chi connectivity index (χ0n) is 13.7. The van der Waals surface area contributed by atoms with Crippen LogP contribution in [-0.2, 0) is 9.53 Å². The van der Waals surface area contributed by atoms with Gasteiger partial charge in [0.1, 0.15) is 5.75 Å². The Hall–Kier alpha value is -2.53. The second kappa shape index (κ2) is 7.84. The van der Waals surface area contributed by atoms with E-state index >= 15 is 0 Å². The van der Waals surface area contributed by atoms with Crippen molar-refractivity contribution in [1.82, 2.24) is 0 Å². The number of hydrogen-bond donors (Lipinski definition) is 1. The number of halogens is 1. The minimum atomic E-state index is -0.599. The van der Waals surface area contributed by atoms with Gasteiger partial charge in [0.2, 0.25) is 0 Å². The quantitative estimate of drug-likeness (QED) is 0.836. The summed E-state index contributed by atoms with van der Waals surface area (Å²) in [5.41, 5.74) is 2.68. The minimum Gasteiger partial charge on any atom is -0.496 e. The van der Waals surface area contributed by atoms with Gasteiger partial charge >= 0.3 is 5.97 Å². The highest BCUT2D eigenvalue weighted by Crippen LogP contribution is 2.23. The maximum absolute atomic E-state index is 12.0. The maximum Gasteiger partial charge on any atom is 0.338 e. The molecule has 0 aromatic heterocycles. The number of nitrogens with one attached hydrogen (secondary N) is 1. The van der Waals surface area contributed by atoms with E-state index in [1.165, 1.54) is 7.11 Å². The first-order valence-corrected chi connectivity index (χ1v) is 7.66. The molecular weight excluding hydrogens is 330 g/mol. The Morgan fingerprint density at radius 1 is 1.12 bits per heavy atom. The summed E-state index contributed by atoms with van der Waals surface area (Å²) in [7, 11) is 1.52. The van der Waals surface area contributed by atoms with Crippen LogP contribution in [0.2, 0.25) is 5.02 Å². The Kier molecular flexibility index (Phi) is 5.82. The summed E-state index contributed by atoms with van der Waals surface area (Å²) in [6, 6.07) is 10.2. The lowest BCUT2D eigenvalue weighted by Crippen LogP contribution is -2.21. The van der Waals surface area contributed by atoms with Gasteiger partial charge in [-0.05, 0) is 49.2 Å². The van der Waals surface area contributed by atoms with Gasteiger partial charge in [0.05, 0.1) is 23.4 Å². The number of hydrogen-bond acceptors (Lipinski definition) is 4. The number of benzene rings is 2. The van der Waals surface area contributed by atoms with E-state index in [0.717, 1.165) is 11.1 Å². The number of amides is 1. The summed E-state index contributed by atoms with van der Waals surface area (Å²) >= 11 is 6.04. The number of methoxy groups -OCH3 is 1. The summed E-state index contributed by atoms with van der Waals surface area (Å²) in [6.07, 6.45) is 0. The van der Waals surface area contributed by atoms with Crippen molar-refractivity contribution in [2.75, 3.05) is 19.0 Å². The van der Waals surface area contributed by atoms with E-state index in [-0.39, 0.29) is 0 Å². The molecule has 0 aliphatic heterocycles. The predicted molar refractivity (Wildman–Crippen MR) is 92.8 cm³/mol. The smallest absolute Gasteiger partial charge is 0.338 e. The number of esters is 1. The standard InChI is InChI=1S/C18H18ClNO4/c1-11-4-7-15(14(19)8-11)20-17(21)10-24-18(22)13-6-5-12(2)16(9-13)23-3/h4-9H,10H2,1-3H3,(H,20,21). The zero-order valence-corrected chi connectivity index (χ0v) is 14.4. The normalized spacial score (nSPS) is 10.2. The van der Waals surface area contributed by atoms with E-state index in [9.17, 15) is 9.59 Å². The van der Waals surface area contributed by atoms with Crippen molar-refractivity contribution in [3.8, 4) is 5.75 Å². The van der Waals surface area contributed by atoms with Gasteiger partial charge in [-0.2, -0.15) is 0 Å². The van der Waals surface area contributed by atoms with Gasteiger partial charge < -0.3 is 14.8 Å². The van der Waals surface area contributed by atoms with Gasteiger partial charge in [-0.15, -0.1) is 0 Å². The first kappa shape index (κ1) is 17.8. The number of carbonyl (C=O) groups excluding carboxylic acids is 2. The van der Waals surface area contributed by atoms with Crippen molar-refractivity contribution in [1.29, 1.82) is 0 Å². The van der Waals surface area contributed by atoms with Crippen LogP contribution in [0.4, 0.5) is 5.69 Å². The lowest BCUT2D eigenvalue weighted by Gasteiger charge is -2.10. The number of rotatable bonds is 5. The van der Waals surface area contributed by atoms with Crippen LogP contribution in [0.5, 0.6) is 5.75 Å². The van der Waals surface area contributed by atoms with Crippen molar-refractivity contribution in [3.05, 3.63) is 58.1 Å². The fraction of sp³-hybridized carbons (Fsp3) is 0.222. The lowest BCUT2D eigenvalue weighted by molar-refractivity contribution is -0.119. The van der Waals surface area contributed by atoms with Crippen LogP contribution in [0.3, 0.4) is 0 Å². The summed E-state index contributed by atoms with van der Waals surface area (Å²) < 4.78 is 10.2. The third-order valence-corrected chi connectivity index (χ3v) is 3.69. The monoisotopic (exact) mass is 347 g/mol. The fourth-order valence-corrected chi connectivity index (χ4v) is 2.35. The second-order valence-electron chi connectivity index (χ2n) is 5.29. The van der Waals surface area contributed by atoms with Crippen molar-refractivity contribution in [2.45, 2.75) is 13.8 Å². The molecule has 0 radical (unpaired) electrons. The van der Waals surface area contributed by atoms with Crippen LogP contribution in [0.15, 0.2) is 36.4 Å². The van der Waals surface area contributed by atoms with Crippen LogP contribution in [0.1, 0.15) is 21.5 Å². The largest absolute Gasteiger partial charge is 0.496 e. The molecule has 126 valence electrons. The fourth-order valence-electron chi connectivity index (χ4n) is 2.07. The topological polar surface area (TPSA) is 64.6 Å². The van der Waals surface area contributed by atoms with Gasteiger partial charge in [-0.25, -0.2) is 4.79 Å². The second-order valence-corrected chi connectivity index (χ2v) is 5.70. The molecule has 0 aliphatic carbocycles. The molecule has 2 aromatic carbocycles. The van der Waals surface area contributed by atoms with Gasteiger partial charge in [0.15, 0.2) is 6.61 Å². The van der Waals surface area contributed by atoms with E-state index in [0.29, 0.717) is 22.0 Å². The van der Waals surface area contributed by atoms with Gasteiger partial charge in [0.25, 0.3) is 5.91 Å². The molecule has 2 aromatic rings. The number of ether oxygens (including phenoxy) is 2. The van der Waals surface area contributed by atoms with E-state index in [2.05, 4.69) is 5.32 Å². The highest BCUT2D eigenvalue weighted by molar-refractivity contribution is 6.33. The highest BCUT2D eigenvalue weighted by atomic mass is 35.5. The molecule has 1 N–H and O–H groups in total. The third kappa shape index (κ3) is 4.49. The molecule has 0 fully saturated rings. The molecule has 6 heteroatoms. The van der Waals surface area contributed by atoms with Crippen LogP contribution < -0.4 is 10.1 Å². The Morgan fingerprint density at radius 3 is 2.54 bits per heavy atom. The average Bonchev–Trinajstić information content (AvgIpc) is 2.55. The van der Waals surface area contributed by atoms with Crippen LogP contribution in [0, 0.1) is 13.8 Å². The predicted octanol–water partition coefficient (Wildman–Crippen LogP) is 3.76. The highest BCUT2D eigenvalue weighted by Gasteiger charge is 2.13. The van der Waals surface area contributed by atoms with Gasteiger partial charge in [-0.3, -0.25) is 4.79 Å². The number of anilines is 1. The van der Waals surface area contributed by atoms with E-state index < -0.39 is 18.5 Å². The van der Waals surface area contributed by atoms with Crippen LogP contribution in [-0.4, -0.2) is 25.6 Å². The zero-order chi connectivity index (χ0) is 17.7. The summed E-state index contributed by atoms with van der Waals surface area (Å²) in [5, 5.41) is 3.03. The molecule has 0 heterocycles. The van der Waals surface area contributed by atoms with Crippen molar-refractivity contribution < 1.29 is 19.1 Å². The Morgan fingerprint density at radius 2 is 1.88 bits per heavy atom. The molecule has 0 atom stereocenters. The molecule has 0 unspecified atom stereocenters. The molecule has 0 bridgehead atoms. The summed E-state index contributed by atoms with van der Waals surface area (Å²) in [4.78, 5) is 23.9. The van der Waals surface area contributed by atoms with E-state index in [1.807, 2.05) is 19.9 Å². The first-order chi connectivity index (χ1) is 11.4. The first-order valence-electron chi connectivity index (χ1n) is 7.28. The number of carbonyl (C=O) groups is 2.